The first-order valence-electron chi connectivity index (χ1n) is 8.11. The van der Waals surface area contributed by atoms with Crippen molar-refractivity contribution in [3.63, 3.8) is 0 Å². The molecule has 0 atom stereocenters. The molecule has 3 aromatic rings. The van der Waals surface area contributed by atoms with Crippen LogP contribution in [0.4, 0.5) is 0 Å². The predicted octanol–water partition coefficient (Wildman–Crippen LogP) is 0.653. The normalized spacial score (nSPS) is 10.5. The lowest BCUT2D eigenvalue weighted by molar-refractivity contribution is 0.0951. The molecule has 134 valence electrons. The van der Waals surface area contributed by atoms with Crippen LogP contribution in [-0.2, 0) is 6.54 Å². The minimum absolute atomic E-state index is 0.228. The monoisotopic (exact) mass is 354 g/mol. The van der Waals surface area contributed by atoms with E-state index in [0.717, 1.165) is 0 Å². The molecule has 2 heterocycles. The molecule has 0 unspecified atom stereocenters. The van der Waals surface area contributed by atoms with Crippen molar-refractivity contribution in [2.45, 2.75) is 13.5 Å². The van der Waals surface area contributed by atoms with E-state index >= 15 is 0 Å². The van der Waals surface area contributed by atoms with E-state index in [4.69, 9.17) is 4.74 Å². The van der Waals surface area contributed by atoms with Gasteiger partial charge in [-0.15, -0.1) is 5.10 Å². The van der Waals surface area contributed by atoms with Gasteiger partial charge in [0.1, 0.15) is 18.4 Å². The summed E-state index contributed by atoms with van der Waals surface area (Å²) >= 11 is 0. The number of nitrogens with zero attached hydrogens (tertiary/aromatic N) is 5. The molecular formula is C17H18N6O3. The van der Waals surface area contributed by atoms with Gasteiger partial charge >= 0.3 is 0 Å². The van der Waals surface area contributed by atoms with Gasteiger partial charge in [0.2, 0.25) is 0 Å². The standard InChI is InChI=1S/C17H18N6O3/c1-2-26-14-5-3-13(4-6-14)17(25)19-9-10-22-16(24)8-7-15(21-22)23-12-18-11-20-23/h3-8,11-12H,2,9-10H2,1H3,(H,19,25). The molecule has 1 amide bonds. The van der Waals surface area contributed by atoms with E-state index in [2.05, 4.69) is 20.5 Å². The molecule has 9 nitrogen and oxygen atoms in total. The van der Waals surface area contributed by atoms with Crippen LogP contribution in [0.1, 0.15) is 17.3 Å². The van der Waals surface area contributed by atoms with Gasteiger partial charge in [-0.3, -0.25) is 9.59 Å². The van der Waals surface area contributed by atoms with Crippen molar-refractivity contribution in [1.82, 2.24) is 29.9 Å². The number of ether oxygens (including phenoxy) is 1. The van der Waals surface area contributed by atoms with Crippen LogP contribution in [-0.4, -0.2) is 43.6 Å². The van der Waals surface area contributed by atoms with Gasteiger partial charge in [0.05, 0.1) is 13.2 Å². The number of hydrogen-bond donors (Lipinski definition) is 1. The molecule has 1 aromatic carbocycles. The molecule has 0 aliphatic rings. The Morgan fingerprint density at radius 3 is 2.69 bits per heavy atom. The van der Waals surface area contributed by atoms with Crippen molar-refractivity contribution in [1.29, 1.82) is 0 Å². The Kier molecular flexibility index (Phi) is 5.37. The van der Waals surface area contributed by atoms with Gasteiger partial charge in [0.15, 0.2) is 5.82 Å². The maximum atomic E-state index is 12.2. The van der Waals surface area contributed by atoms with E-state index in [1.54, 1.807) is 30.3 Å². The Hall–Kier alpha value is -3.49. The third-order valence-corrected chi connectivity index (χ3v) is 3.54. The molecule has 0 saturated carbocycles. The second-order valence-electron chi connectivity index (χ2n) is 5.31. The van der Waals surface area contributed by atoms with Gasteiger partial charge in [0, 0.05) is 18.2 Å². The number of carbonyl (C=O) groups is 1. The maximum absolute atomic E-state index is 12.2. The zero-order valence-electron chi connectivity index (χ0n) is 14.2. The Balaban J connectivity index is 1.60. The molecule has 0 spiro atoms. The SMILES string of the molecule is CCOc1ccc(C(=O)NCCn2nc(-n3cncn3)ccc2=O)cc1. The molecule has 3 rings (SSSR count). The van der Waals surface area contributed by atoms with Crippen molar-refractivity contribution in [2.24, 2.45) is 0 Å². The third kappa shape index (κ3) is 4.12. The summed E-state index contributed by atoms with van der Waals surface area (Å²) in [6, 6.07) is 9.83. The largest absolute Gasteiger partial charge is 0.494 e. The summed E-state index contributed by atoms with van der Waals surface area (Å²) in [5, 5.41) is 11.0. The summed E-state index contributed by atoms with van der Waals surface area (Å²) in [6.45, 7) is 2.97. The summed E-state index contributed by atoms with van der Waals surface area (Å²) in [5.74, 6) is 0.957. The van der Waals surface area contributed by atoms with Crippen LogP contribution in [0.2, 0.25) is 0 Å². The summed E-state index contributed by atoms with van der Waals surface area (Å²) in [4.78, 5) is 27.9. The average Bonchev–Trinajstić information content (AvgIpc) is 3.19. The van der Waals surface area contributed by atoms with E-state index in [0.29, 0.717) is 23.7 Å². The predicted molar refractivity (Wildman–Crippen MR) is 93.4 cm³/mol. The third-order valence-electron chi connectivity index (χ3n) is 3.54. The highest BCUT2D eigenvalue weighted by Crippen LogP contribution is 2.11. The highest BCUT2D eigenvalue weighted by molar-refractivity contribution is 5.94. The van der Waals surface area contributed by atoms with Gasteiger partial charge < -0.3 is 10.1 Å². The maximum Gasteiger partial charge on any atom is 0.266 e. The zero-order chi connectivity index (χ0) is 18.4. The number of rotatable bonds is 7. The number of hydrogen-bond acceptors (Lipinski definition) is 6. The lowest BCUT2D eigenvalue weighted by atomic mass is 10.2. The lowest BCUT2D eigenvalue weighted by Crippen LogP contribution is -2.32. The van der Waals surface area contributed by atoms with E-state index in [1.807, 2.05) is 6.92 Å². The molecule has 0 bridgehead atoms. The van der Waals surface area contributed by atoms with Crippen LogP contribution < -0.4 is 15.6 Å². The molecule has 0 aliphatic heterocycles. The Labute approximate surface area is 149 Å². The molecule has 26 heavy (non-hydrogen) atoms. The van der Waals surface area contributed by atoms with E-state index < -0.39 is 0 Å². The number of carbonyl (C=O) groups excluding carboxylic acids is 1. The first-order valence-corrected chi connectivity index (χ1v) is 8.11. The molecule has 9 heteroatoms. The van der Waals surface area contributed by atoms with Crippen molar-refractivity contribution < 1.29 is 9.53 Å². The Morgan fingerprint density at radius 1 is 1.19 bits per heavy atom. The fourth-order valence-electron chi connectivity index (χ4n) is 2.29. The smallest absolute Gasteiger partial charge is 0.266 e. The molecule has 0 fully saturated rings. The van der Waals surface area contributed by atoms with Crippen LogP contribution >= 0.6 is 0 Å². The van der Waals surface area contributed by atoms with Crippen LogP contribution in [0.25, 0.3) is 5.82 Å². The summed E-state index contributed by atoms with van der Waals surface area (Å²) < 4.78 is 8.07. The highest BCUT2D eigenvalue weighted by atomic mass is 16.5. The van der Waals surface area contributed by atoms with Crippen LogP contribution in [0.15, 0.2) is 53.8 Å². The number of benzene rings is 1. The van der Waals surface area contributed by atoms with E-state index in [-0.39, 0.29) is 24.6 Å². The molecule has 1 N–H and O–H groups in total. The van der Waals surface area contributed by atoms with Crippen molar-refractivity contribution in [3.05, 3.63) is 65.0 Å². The average molecular weight is 354 g/mol. The molecule has 2 aromatic heterocycles. The fourth-order valence-corrected chi connectivity index (χ4v) is 2.29. The highest BCUT2D eigenvalue weighted by Gasteiger charge is 2.07. The van der Waals surface area contributed by atoms with Gasteiger partial charge in [-0.05, 0) is 37.3 Å². The molecule has 0 radical (unpaired) electrons. The Bertz CT molecular complexity index is 918. The zero-order valence-corrected chi connectivity index (χ0v) is 14.2. The minimum atomic E-state index is -0.260. The minimum Gasteiger partial charge on any atom is -0.494 e. The molecule has 0 saturated heterocycles. The second-order valence-corrected chi connectivity index (χ2v) is 5.31. The summed E-state index contributed by atoms with van der Waals surface area (Å²) in [7, 11) is 0. The van der Waals surface area contributed by atoms with Gasteiger partial charge in [-0.25, -0.2) is 14.3 Å². The first-order chi connectivity index (χ1) is 12.7. The number of nitrogens with one attached hydrogen (secondary N) is 1. The van der Waals surface area contributed by atoms with Gasteiger partial charge in [-0.1, -0.05) is 0 Å². The lowest BCUT2D eigenvalue weighted by Gasteiger charge is -2.09. The Morgan fingerprint density at radius 2 is 2.00 bits per heavy atom. The van der Waals surface area contributed by atoms with Gasteiger partial charge in [0.25, 0.3) is 11.5 Å². The molecular weight excluding hydrogens is 336 g/mol. The second kappa shape index (κ2) is 8.06. The van der Waals surface area contributed by atoms with Gasteiger partial charge in [-0.2, -0.15) is 5.10 Å². The first kappa shape index (κ1) is 17.3. The van der Waals surface area contributed by atoms with Crippen LogP contribution in [0, 0.1) is 0 Å². The van der Waals surface area contributed by atoms with Crippen molar-refractivity contribution >= 4 is 5.91 Å². The summed E-state index contributed by atoms with van der Waals surface area (Å²) in [5.41, 5.74) is 0.259. The number of aromatic nitrogens is 5. The summed E-state index contributed by atoms with van der Waals surface area (Å²) in [6.07, 6.45) is 2.87. The fraction of sp³-hybridized carbons (Fsp3) is 0.235. The van der Waals surface area contributed by atoms with Crippen LogP contribution in [0.5, 0.6) is 5.75 Å². The van der Waals surface area contributed by atoms with Crippen molar-refractivity contribution in [2.75, 3.05) is 13.2 Å². The molecule has 0 aliphatic carbocycles. The number of amides is 1. The topological polar surface area (TPSA) is 104 Å². The quantitative estimate of drug-likeness (QED) is 0.668. The van der Waals surface area contributed by atoms with Crippen LogP contribution in [0.3, 0.4) is 0 Å². The van der Waals surface area contributed by atoms with Crippen molar-refractivity contribution in [3.8, 4) is 11.6 Å². The van der Waals surface area contributed by atoms with E-state index in [1.165, 1.54) is 28.1 Å². The van der Waals surface area contributed by atoms with E-state index in [9.17, 15) is 9.59 Å².